The zero-order chi connectivity index (χ0) is 20.1. The highest BCUT2D eigenvalue weighted by molar-refractivity contribution is 6.04. The fourth-order valence-electron chi connectivity index (χ4n) is 3.69. The molecule has 0 unspecified atom stereocenters. The molecule has 1 fully saturated rings. The van der Waals surface area contributed by atoms with E-state index in [1.807, 2.05) is 55.6 Å². The van der Waals surface area contributed by atoms with Crippen LogP contribution >= 0.6 is 0 Å². The van der Waals surface area contributed by atoms with E-state index in [0.717, 1.165) is 55.4 Å². The van der Waals surface area contributed by atoms with Crippen molar-refractivity contribution in [3.8, 4) is 0 Å². The zero-order valence-corrected chi connectivity index (χ0v) is 16.6. The first kappa shape index (κ1) is 19.2. The van der Waals surface area contributed by atoms with E-state index in [4.69, 9.17) is 0 Å². The second kappa shape index (κ2) is 8.92. The monoisotopic (exact) mass is 387 g/mol. The third-order valence-corrected chi connectivity index (χ3v) is 5.34. The number of benzene rings is 1. The first-order chi connectivity index (χ1) is 14.2. The third-order valence-electron chi connectivity index (χ3n) is 5.34. The van der Waals surface area contributed by atoms with E-state index in [9.17, 15) is 4.79 Å². The summed E-state index contributed by atoms with van der Waals surface area (Å²) in [4.78, 5) is 28.6. The predicted molar refractivity (Wildman–Crippen MR) is 113 cm³/mol. The molecule has 0 radical (unpaired) electrons. The molecule has 148 valence electrons. The number of rotatable bonds is 5. The lowest BCUT2D eigenvalue weighted by atomic mass is 9.95. The molecule has 0 aliphatic carbocycles. The van der Waals surface area contributed by atoms with Crippen LogP contribution in [0.1, 0.15) is 46.3 Å². The molecule has 4 rings (SSSR count). The topological polar surface area (TPSA) is 71.0 Å². The minimum absolute atomic E-state index is 0.176. The van der Waals surface area contributed by atoms with Gasteiger partial charge in [-0.05, 0) is 57.1 Å². The average Bonchev–Trinajstić information content (AvgIpc) is 2.75. The number of nitrogens with zero attached hydrogens (tertiary/aromatic N) is 4. The number of carbonyl (C=O) groups is 1. The fourth-order valence-corrected chi connectivity index (χ4v) is 3.69. The van der Waals surface area contributed by atoms with Crippen molar-refractivity contribution >= 4 is 11.6 Å². The van der Waals surface area contributed by atoms with Crippen LogP contribution in [0.2, 0.25) is 0 Å². The number of aromatic nitrogens is 3. The van der Waals surface area contributed by atoms with Crippen molar-refractivity contribution in [2.24, 2.45) is 0 Å². The van der Waals surface area contributed by atoms with Gasteiger partial charge in [-0.25, -0.2) is 9.97 Å². The standard InChI is InChI=1S/C23H25N5O/c1-17-21(23(29)27-19-7-3-2-4-8-19)15-25-22(26-17)18-10-13-28(14-11-18)16-20-9-5-6-12-24-20/h2-9,12,15,18H,10-11,13-14,16H2,1H3,(H,27,29). The van der Waals surface area contributed by atoms with E-state index in [1.165, 1.54) is 0 Å². The molecule has 2 aromatic heterocycles. The molecule has 0 spiro atoms. The molecule has 1 aromatic carbocycles. The van der Waals surface area contributed by atoms with Crippen molar-refractivity contribution in [1.29, 1.82) is 0 Å². The van der Waals surface area contributed by atoms with Crippen molar-refractivity contribution in [2.75, 3.05) is 18.4 Å². The first-order valence-electron chi connectivity index (χ1n) is 10.0. The minimum Gasteiger partial charge on any atom is -0.322 e. The van der Waals surface area contributed by atoms with Crippen LogP contribution in [0.3, 0.4) is 0 Å². The van der Waals surface area contributed by atoms with Gasteiger partial charge in [0.1, 0.15) is 5.82 Å². The van der Waals surface area contributed by atoms with Gasteiger partial charge in [0.05, 0.1) is 17.0 Å². The Kier molecular flexibility index (Phi) is 5.91. The summed E-state index contributed by atoms with van der Waals surface area (Å²) in [5, 5.41) is 2.90. The van der Waals surface area contributed by atoms with Crippen LogP contribution in [0, 0.1) is 6.92 Å². The summed E-state index contributed by atoms with van der Waals surface area (Å²) in [7, 11) is 0. The fraction of sp³-hybridized carbons (Fsp3) is 0.304. The molecular weight excluding hydrogens is 362 g/mol. The number of pyridine rings is 1. The number of para-hydroxylation sites is 1. The molecule has 1 aliphatic rings. The molecule has 1 saturated heterocycles. The molecule has 1 amide bonds. The molecule has 6 heteroatoms. The summed E-state index contributed by atoms with van der Waals surface area (Å²) in [5.41, 5.74) is 3.11. The lowest BCUT2D eigenvalue weighted by Gasteiger charge is -2.31. The van der Waals surface area contributed by atoms with E-state index in [1.54, 1.807) is 6.20 Å². The molecule has 0 bridgehead atoms. The molecule has 0 saturated carbocycles. The van der Waals surface area contributed by atoms with E-state index in [0.29, 0.717) is 11.5 Å². The maximum absolute atomic E-state index is 12.5. The van der Waals surface area contributed by atoms with Crippen LogP contribution in [0.5, 0.6) is 0 Å². The Bertz CT molecular complexity index is 954. The van der Waals surface area contributed by atoms with E-state index < -0.39 is 0 Å². The Balaban J connectivity index is 1.36. The number of hydrogen-bond donors (Lipinski definition) is 1. The van der Waals surface area contributed by atoms with Gasteiger partial charge in [0.25, 0.3) is 5.91 Å². The number of nitrogens with one attached hydrogen (secondary N) is 1. The summed E-state index contributed by atoms with van der Waals surface area (Å²) in [6.45, 7) is 4.76. The maximum Gasteiger partial charge on any atom is 0.259 e. The molecular formula is C23H25N5O. The van der Waals surface area contributed by atoms with Gasteiger partial charge >= 0.3 is 0 Å². The molecule has 1 aliphatic heterocycles. The Morgan fingerprint density at radius 2 is 1.83 bits per heavy atom. The van der Waals surface area contributed by atoms with Crippen LogP contribution in [0.4, 0.5) is 5.69 Å². The van der Waals surface area contributed by atoms with Crippen molar-refractivity contribution in [3.63, 3.8) is 0 Å². The number of piperidine rings is 1. The van der Waals surface area contributed by atoms with Crippen molar-refractivity contribution in [1.82, 2.24) is 19.9 Å². The SMILES string of the molecule is Cc1nc(C2CCN(Cc3ccccn3)CC2)ncc1C(=O)Nc1ccccc1. The predicted octanol–water partition coefficient (Wildman–Crippen LogP) is 3.81. The van der Waals surface area contributed by atoms with E-state index in [2.05, 4.69) is 31.2 Å². The second-order valence-electron chi connectivity index (χ2n) is 7.42. The summed E-state index contributed by atoms with van der Waals surface area (Å²) in [6, 6.07) is 15.5. The summed E-state index contributed by atoms with van der Waals surface area (Å²) < 4.78 is 0. The van der Waals surface area contributed by atoms with Gasteiger partial charge in [-0.2, -0.15) is 0 Å². The van der Waals surface area contributed by atoms with Gasteiger partial charge in [-0.3, -0.25) is 14.7 Å². The number of amides is 1. The number of likely N-dealkylation sites (tertiary alicyclic amines) is 1. The number of anilines is 1. The Morgan fingerprint density at radius 3 is 2.52 bits per heavy atom. The lowest BCUT2D eigenvalue weighted by Crippen LogP contribution is -2.33. The molecule has 29 heavy (non-hydrogen) atoms. The molecule has 6 nitrogen and oxygen atoms in total. The van der Waals surface area contributed by atoms with Gasteiger partial charge in [-0.15, -0.1) is 0 Å². The normalized spacial score (nSPS) is 15.2. The summed E-state index contributed by atoms with van der Waals surface area (Å²) in [6.07, 6.45) is 5.54. The highest BCUT2D eigenvalue weighted by atomic mass is 16.1. The largest absolute Gasteiger partial charge is 0.322 e. The lowest BCUT2D eigenvalue weighted by molar-refractivity contribution is 0.102. The Hall–Kier alpha value is -3.12. The van der Waals surface area contributed by atoms with Gasteiger partial charge in [0.15, 0.2) is 0 Å². The molecule has 3 aromatic rings. The highest BCUT2D eigenvalue weighted by Gasteiger charge is 2.24. The maximum atomic E-state index is 12.5. The van der Waals surface area contributed by atoms with Crippen LogP contribution in [0.15, 0.2) is 60.9 Å². The number of hydrogen-bond acceptors (Lipinski definition) is 5. The van der Waals surface area contributed by atoms with Crippen LogP contribution in [-0.2, 0) is 6.54 Å². The highest BCUT2D eigenvalue weighted by Crippen LogP contribution is 2.26. The van der Waals surface area contributed by atoms with Crippen molar-refractivity contribution < 1.29 is 4.79 Å². The second-order valence-corrected chi connectivity index (χ2v) is 7.42. The quantitative estimate of drug-likeness (QED) is 0.721. The summed E-state index contributed by atoms with van der Waals surface area (Å²) >= 11 is 0. The number of aryl methyl sites for hydroxylation is 1. The van der Waals surface area contributed by atoms with Gasteiger partial charge in [-0.1, -0.05) is 24.3 Å². The van der Waals surface area contributed by atoms with Gasteiger partial charge in [0, 0.05) is 30.5 Å². The van der Waals surface area contributed by atoms with Gasteiger partial charge < -0.3 is 5.32 Å². The zero-order valence-electron chi connectivity index (χ0n) is 16.6. The first-order valence-corrected chi connectivity index (χ1v) is 10.0. The molecule has 3 heterocycles. The molecule has 1 N–H and O–H groups in total. The van der Waals surface area contributed by atoms with E-state index >= 15 is 0 Å². The smallest absolute Gasteiger partial charge is 0.259 e. The summed E-state index contributed by atoms with van der Waals surface area (Å²) in [5.74, 6) is 1.00. The Labute approximate surface area is 171 Å². The van der Waals surface area contributed by atoms with E-state index in [-0.39, 0.29) is 5.91 Å². The van der Waals surface area contributed by atoms with Gasteiger partial charge in [0.2, 0.25) is 0 Å². The minimum atomic E-state index is -0.176. The Morgan fingerprint density at radius 1 is 1.07 bits per heavy atom. The molecule has 0 atom stereocenters. The number of carbonyl (C=O) groups excluding carboxylic acids is 1. The average molecular weight is 387 g/mol. The van der Waals surface area contributed by atoms with Crippen molar-refractivity contribution in [2.45, 2.75) is 32.2 Å². The van der Waals surface area contributed by atoms with Crippen LogP contribution in [-0.4, -0.2) is 38.8 Å². The van der Waals surface area contributed by atoms with Crippen LogP contribution < -0.4 is 5.32 Å². The van der Waals surface area contributed by atoms with Crippen LogP contribution in [0.25, 0.3) is 0 Å². The van der Waals surface area contributed by atoms with Crippen molar-refractivity contribution in [3.05, 3.63) is 83.7 Å². The third kappa shape index (κ3) is 4.84.